The van der Waals surface area contributed by atoms with Gasteiger partial charge in [-0.15, -0.1) is 0 Å². The monoisotopic (exact) mass is 591 g/mol. The third-order valence-electron chi connectivity index (χ3n) is 10.3. The van der Waals surface area contributed by atoms with E-state index in [9.17, 15) is 34.5 Å². The number of aliphatic hydroxyl groups excluding tert-OH is 1. The van der Waals surface area contributed by atoms with Crippen molar-refractivity contribution in [3.8, 4) is 0 Å². The largest absolute Gasteiger partial charge is 0.459 e. The maximum Gasteiger partial charge on any atom is 0.338 e. The average molecular weight is 592 g/mol. The zero-order chi connectivity index (χ0) is 31.6. The van der Waals surface area contributed by atoms with Gasteiger partial charge in [-0.25, -0.2) is 4.79 Å². The van der Waals surface area contributed by atoms with Gasteiger partial charge in [-0.1, -0.05) is 38.0 Å². The normalized spacial score (nSPS) is 38.3. The predicted molar refractivity (Wildman–Crippen MR) is 150 cm³/mol. The van der Waals surface area contributed by atoms with Crippen LogP contribution in [0.25, 0.3) is 0 Å². The molecular formula is C31H45NO10. The second-order valence-corrected chi connectivity index (χ2v) is 13.6. The molecule has 11 heteroatoms. The SMILES string of the molecule is CC(=O)N[C@@H](C=C(C)C)[C@@H](O)C(=O)O[C@H]1C[C@@]2(O)C(OC(C)=O)[C@@H]3[C@]4(O)CO[C@@H]4CC[C@@]3(C)C(=O)CC(=C1C)C2(C)C. The molecule has 1 unspecified atom stereocenters. The molecule has 2 bridgehead atoms. The zero-order valence-electron chi connectivity index (χ0n) is 25.8. The van der Waals surface area contributed by atoms with E-state index in [-0.39, 0.29) is 25.2 Å². The first-order chi connectivity index (χ1) is 19.3. The number of carbonyl (C=O) groups excluding carboxylic acids is 4. The fourth-order valence-electron chi connectivity index (χ4n) is 7.79. The molecule has 0 radical (unpaired) electrons. The molecule has 3 aliphatic carbocycles. The lowest BCUT2D eigenvalue weighted by Gasteiger charge is -2.65. The van der Waals surface area contributed by atoms with Crippen molar-refractivity contribution in [1.29, 1.82) is 0 Å². The minimum Gasteiger partial charge on any atom is -0.459 e. The van der Waals surface area contributed by atoms with Crippen LogP contribution in [0.15, 0.2) is 22.8 Å². The molecule has 0 spiro atoms. The topological polar surface area (TPSA) is 169 Å². The number of aliphatic hydroxyl groups is 3. The molecule has 2 saturated carbocycles. The Morgan fingerprint density at radius 3 is 2.26 bits per heavy atom. The lowest BCUT2D eigenvalue weighted by Crippen LogP contribution is -2.77. The van der Waals surface area contributed by atoms with Gasteiger partial charge in [0.05, 0.1) is 18.8 Å². The van der Waals surface area contributed by atoms with Gasteiger partial charge in [-0.2, -0.15) is 0 Å². The first kappa shape index (κ1) is 32.3. The van der Waals surface area contributed by atoms with Gasteiger partial charge >= 0.3 is 11.9 Å². The lowest BCUT2D eigenvalue weighted by atomic mass is 9.46. The number of Topliss-reactive ketones (excluding diaryl/α,β-unsaturated/α-hetero) is 1. The summed E-state index contributed by atoms with van der Waals surface area (Å²) in [5.41, 5.74) is -3.80. The molecule has 4 N–H and O–H groups in total. The first-order valence-corrected chi connectivity index (χ1v) is 14.6. The van der Waals surface area contributed by atoms with Crippen molar-refractivity contribution < 1.29 is 48.7 Å². The summed E-state index contributed by atoms with van der Waals surface area (Å²) in [7, 11) is 0. The number of nitrogens with one attached hydrogen (secondary N) is 1. The fraction of sp³-hybridized carbons (Fsp3) is 0.742. The smallest absolute Gasteiger partial charge is 0.338 e. The Labute approximate surface area is 246 Å². The van der Waals surface area contributed by atoms with Gasteiger partial charge in [0.15, 0.2) is 6.10 Å². The van der Waals surface area contributed by atoms with E-state index in [1.54, 1.807) is 41.5 Å². The number of rotatable bonds is 6. The average Bonchev–Trinajstić information content (AvgIpc) is 2.85. The van der Waals surface area contributed by atoms with Crippen LogP contribution in [-0.4, -0.2) is 87.2 Å². The molecule has 0 aromatic heterocycles. The molecule has 1 amide bonds. The van der Waals surface area contributed by atoms with Crippen molar-refractivity contribution >= 4 is 23.6 Å². The van der Waals surface area contributed by atoms with E-state index in [0.717, 1.165) is 5.57 Å². The van der Waals surface area contributed by atoms with Crippen molar-refractivity contribution in [1.82, 2.24) is 5.32 Å². The summed E-state index contributed by atoms with van der Waals surface area (Å²) in [4.78, 5) is 51.7. The number of fused-ring (bicyclic) bond motifs is 5. The third-order valence-corrected chi connectivity index (χ3v) is 10.3. The van der Waals surface area contributed by atoms with E-state index in [1.807, 2.05) is 0 Å². The molecule has 4 aliphatic rings. The molecule has 9 atom stereocenters. The summed E-state index contributed by atoms with van der Waals surface area (Å²) in [5.74, 6) is -3.33. The molecule has 1 saturated heterocycles. The molecule has 4 rings (SSSR count). The van der Waals surface area contributed by atoms with Gasteiger partial charge in [-0.3, -0.25) is 14.4 Å². The molecule has 1 aliphatic heterocycles. The minimum atomic E-state index is -1.89. The number of carbonyl (C=O) groups is 4. The Bertz CT molecular complexity index is 1230. The zero-order valence-corrected chi connectivity index (χ0v) is 25.8. The molecule has 42 heavy (non-hydrogen) atoms. The molecule has 0 aromatic rings. The van der Waals surface area contributed by atoms with Crippen LogP contribution in [0.3, 0.4) is 0 Å². The predicted octanol–water partition coefficient (Wildman–Crippen LogP) is 1.66. The minimum absolute atomic E-state index is 0.0641. The van der Waals surface area contributed by atoms with Crippen LogP contribution in [0.2, 0.25) is 0 Å². The second-order valence-electron chi connectivity index (χ2n) is 13.6. The Morgan fingerprint density at radius 2 is 1.74 bits per heavy atom. The third kappa shape index (κ3) is 5.02. The quantitative estimate of drug-likeness (QED) is 0.263. The molecular weight excluding hydrogens is 546 g/mol. The lowest BCUT2D eigenvalue weighted by molar-refractivity contribution is -0.329. The van der Waals surface area contributed by atoms with E-state index < -0.39 is 76.3 Å². The van der Waals surface area contributed by atoms with Gasteiger partial charge in [0, 0.05) is 43.4 Å². The van der Waals surface area contributed by atoms with Gasteiger partial charge in [0.25, 0.3) is 0 Å². The number of allylic oxidation sites excluding steroid dienone is 1. The summed E-state index contributed by atoms with van der Waals surface area (Å²) in [6, 6.07) is -1.05. The summed E-state index contributed by atoms with van der Waals surface area (Å²) in [6.45, 7) is 12.9. The maximum atomic E-state index is 14.1. The van der Waals surface area contributed by atoms with Crippen LogP contribution >= 0.6 is 0 Å². The van der Waals surface area contributed by atoms with E-state index in [4.69, 9.17) is 14.2 Å². The standard InChI is InChI=1S/C31H45NO10/c1-15(2)11-20(32-17(4)33)24(36)27(37)42-21-13-31(39)26(41-18(5)34)25-29(8,10-9-23-30(25,38)14-40-23)22(35)12-19(16(21)3)28(31,6)7/h11,20-21,23-26,36,38-39H,9-10,12-14H2,1-8H3,(H,32,33)/t20-,21-,23+,24+,25-,26?,29-,30-,31+/m0/s1. The van der Waals surface area contributed by atoms with Crippen LogP contribution in [0.1, 0.15) is 81.1 Å². The van der Waals surface area contributed by atoms with E-state index >= 15 is 0 Å². The Hall–Kier alpha value is -2.60. The number of amides is 1. The van der Waals surface area contributed by atoms with E-state index in [0.29, 0.717) is 24.0 Å². The van der Waals surface area contributed by atoms with E-state index in [1.165, 1.54) is 19.9 Å². The number of hydrogen-bond acceptors (Lipinski definition) is 10. The summed E-state index contributed by atoms with van der Waals surface area (Å²) in [5, 5.41) is 38.0. The van der Waals surface area contributed by atoms with Crippen LogP contribution < -0.4 is 5.32 Å². The highest BCUT2D eigenvalue weighted by molar-refractivity contribution is 5.88. The fourth-order valence-corrected chi connectivity index (χ4v) is 7.79. The number of hydrogen-bond donors (Lipinski definition) is 4. The van der Waals surface area contributed by atoms with Crippen molar-refractivity contribution in [2.24, 2.45) is 16.7 Å². The van der Waals surface area contributed by atoms with Crippen LogP contribution in [0, 0.1) is 16.7 Å². The molecule has 11 nitrogen and oxygen atoms in total. The van der Waals surface area contributed by atoms with Crippen molar-refractivity contribution in [2.75, 3.05) is 6.61 Å². The highest BCUT2D eigenvalue weighted by atomic mass is 16.6. The van der Waals surface area contributed by atoms with Crippen LogP contribution in [-0.2, 0) is 33.4 Å². The molecule has 3 fully saturated rings. The van der Waals surface area contributed by atoms with Crippen LogP contribution in [0.5, 0.6) is 0 Å². The Kier molecular flexibility index (Phi) is 8.34. The van der Waals surface area contributed by atoms with Gasteiger partial charge in [-0.05, 0) is 39.2 Å². The van der Waals surface area contributed by atoms with Gasteiger partial charge in [0.1, 0.15) is 29.2 Å². The number of ketones is 1. The second kappa shape index (κ2) is 10.8. The summed E-state index contributed by atoms with van der Waals surface area (Å²) < 4.78 is 17.4. The van der Waals surface area contributed by atoms with Crippen molar-refractivity contribution in [2.45, 2.75) is 123 Å². The number of ether oxygens (including phenoxy) is 3. The number of esters is 2. The van der Waals surface area contributed by atoms with Crippen LogP contribution in [0.4, 0.5) is 0 Å². The molecule has 0 aromatic carbocycles. The first-order valence-electron chi connectivity index (χ1n) is 14.6. The highest BCUT2D eigenvalue weighted by Crippen LogP contribution is 2.63. The van der Waals surface area contributed by atoms with Gasteiger partial charge < -0.3 is 34.8 Å². The van der Waals surface area contributed by atoms with Crippen molar-refractivity contribution in [3.63, 3.8) is 0 Å². The summed E-state index contributed by atoms with van der Waals surface area (Å²) >= 11 is 0. The summed E-state index contributed by atoms with van der Waals surface area (Å²) in [6.07, 6.45) is -2.68. The van der Waals surface area contributed by atoms with Crippen molar-refractivity contribution in [3.05, 3.63) is 22.8 Å². The van der Waals surface area contributed by atoms with Gasteiger partial charge in [0.2, 0.25) is 5.91 Å². The highest BCUT2D eigenvalue weighted by Gasteiger charge is 2.73. The maximum absolute atomic E-state index is 14.1. The molecule has 1 heterocycles. The Balaban J connectivity index is 1.81. The van der Waals surface area contributed by atoms with E-state index in [2.05, 4.69) is 5.32 Å². The Morgan fingerprint density at radius 1 is 1.10 bits per heavy atom. The molecule has 234 valence electrons.